The van der Waals surface area contributed by atoms with Crippen LogP contribution in [0.3, 0.4) is 0 Å². The van der Waals surface area contributed by atoms with E-state index in [4.69, 9.17) is 0 Å². The van der Waals surface area contributed by atoms with Crippen LogP contribution in [0.1, 0.15) is 30.9 Å². The molecule has 1 saturated heterocycles. The Bertz CT molecular complexity index is 983. The molecule has 4 rings (SSSR count). The molecule has 7 heteroatoms. The molecule has 0 saturated carbocycles. The van der Waals surface area contributed by atoms with Crippen LogP contribution in [-0.4, -0.2) is 45.3 Å². The monoisotopic (exact) mass is 383 g/mol. The third kappa shape index (κ3) is 3.32. The Hall–Kier alpha value is -2.96. The highest BCUT2D eigenvalue weighted by atomic mass is 19.1. The number of carbonyl (C=O) groups excluding carboxylic acids is 2. The average Bonchev–Trinajstić information content (AvgIpc) is 3.12. The summed E-state index contributed by atoms with van der Waals surface area (Å²) in [5.74, 6) is -0.402. The van der Waals surface area contributed by atoms with Gasteiger partial charge in [0.25, 0.3) is 5.56 Å². The van der Waals surface area contributed by atoms with Gasteiger partial charge in [0.2, 0.25) is 11.8 Å². The fraction of sp³-hybridized carbons (Fsp3) is 0.381. The molecule has 3 heterocycles. The lowest BCUT2D eigenvalue weighted by molar-refractivity contribution is -0.143. The molecule has 1 aromatic carbocycles. The van der Waals surface area contributed by atoms with Gasteiger partial charge in [-0.1, -0.05) is 0 Å². The second-order valence-electron chi connectivity index (χ2n) is 7.39. The zero-order valence-corrected chi connectivity index (χ0v) is 15.7. The van der Waals surface area contributed by atoms with E-state index in [1.807, 2.05) is 0 Å². The van der Waals surface area contributed by atoms with Crippen molar-refractivity contribution in [3.63, 3.8) is 0 Å². The molecule has 28 heavy (non-hydrogen) atoms. The first-order chi connectivity index (χ1) is 13.4. The lowest BCUT2D eigenvalue weighted by atomic mass is 10.0. The van der Waals surface area contributed by atoms with Crippen molar-refractivity contribution >= 4 is 11.8 Å². The fourth-order valence-electron chi connectivity index (χ4n) is 4.00. The highest BCUT2D eigenvalue weighted by molar-refractivity contribution is 5.88. The molecule has 1 fully saturated rings. The average molecular weight is 383 g/mol. The number of halogens is 1. The molecule has 2 aromatic rings. The van der Waals surface area contributed by atoms with Gasteiger partial charge in [0.15, 0.2) is 0 Å². The molecule has 0 spiro atoms. The molecule has 2 aliphatic heterocycles. The molecular weight excluding hydrogens is 361 g/mol. The third-order valence-electron chi connectivity index (χ3n) is 5.60. The minimum atomic E-state index is -0.473. The van der Waals surface area contributed by atoms with Gasteiger partial charge in [-0.2, -0.15) is 0 Å². The van der Waals surface area contributed by atoms with Crippen LogP contribution in [0.4, 0.5) is 4.39 Å². The van der Waals surface area contributed by atoms with Crippen molar-refractivity contribution in [2.24, 2.45) is 0 Å². The Morgan fingerprint density at radius 2 is 1.82 bits per heavy atom. The zero-order chi connectivity index (χ0) is 19.8. The largest absolute Gasteiger partial charge is 0.336 e. The van der Waals surface area contributed by atoms with E-state index in [0.717, 1.165) is 17.5 Å². The van der Waals surface area contributed by atoms with Crippen molar-refractivity contribution in [3.05, 3.63) is 63.8 Å². The molecule has 0 radical (unpaired) electrons. The number of hydrogen-bond donors (Lipinski definition) is 0. The number of fused-ring (bicyclic) bond motifs is 1. The number of aromatic nitrogens is 1. The van der Waals surface area contributed by atoms with Gasteiger partial charge in [0, 0.05) is 44.0 Å². The van der Waals surface area contributed by atoms with Crippen molar-refractivity contribution < 1.29 is 14.0 Å². The standard InChI is InChI=1S/C21H22FN3O3/c1-14(24-9-2-3-19(24)26)21(28)23-10-8-15-11-20(27)25(13-16(15)12-23)18-6-4-17(22)5-7-18/h4-7,11,13-14H,2-3,8-10,12H2,1H3. The Morgan fingerprint density at radius 3 is 2.50 bits per heavy atom. The quantitative estimate of drug-likeness (QED) is 0.813. The highest BCUT2D eigenvalue weighted by Gasteiger charge is 2.33. The van der Waals surface area contributed by atoms with Crippen molar-refractivity contribution in [2.75, 3.05) is 13.1 Å². The van der Waals surface area contributed by atoms with E-state index in [1.165, 1.54) is 16.7 Å². The van der Waals surface area contributed by atoms with Gasteiger partial charge in [-0.05, 0) is 55.2 Å². The summed E-state index contributed by atoms with van der Waals surface area (Å²) in [5, 5.41) is 0. The molecule has 146 valence electrons. The molecule has 6 nitrogen and oxygen atoms in total. The normalized spacial score (nSPS) is 17.6. The summed E-state index contributed by atoms with van der Waals surface area (Å²) >= 11 is 0. The number of pyridine rings is 1. The van der Waals surface area contributed by atoms with Crippen molar-refractivity contribution in [1.82, 2.24) is 14.4 Å². The Kier molecular flexibility index (Phi) is 4.75. The Labute approximate surface area is 162 Å². The second-order valence-corrected chi connectivity index (χ2v) is 7.39. The molecule has 1 aromatic heterocycles. The predicted molar refractivity (Wildman–Crippen MR) is 102 cm³/mol. The van der Waals surface area contributed by atoms with Crippen LogP contribution in [0.15, 0.2) is 41.3 Å². The smallest absolute Gasteiger partial charge is 0.255 e. The third-order valence-corrected chi connectivity index (χ3v) is 5.60. The number of amides is 2. The molecular formula is C21H22FN3O3. The maximum Gasteiger partial charge on any atom is 0.255 e. The van der Waals surface area contributed by atoms with E-state index in [0.29, 0.717) is 38.2 Å². The van der Waals surface area contributed by atoms with Crippen molar-refractivity contribution in [2.45, 2.75) is 38.8 Å². The van der Waals surface area contributed by atoms with E-state index in [1.54, 1.807) is 41.1 Å². The van der Waals surface area contributed by atoms with Gasteiger partial charge in [-0.3, -0.25) is 19.0 Å². The second kappa shape index (κ2) is 7.22. The van der Waals surface area contributed by atoms with Crippen molar-refractivity contribution in [1.29, 1.82) is 0 Å². The first-order valence-electron chi connectivity index (χ1n) is 9.52. The lowest BCUT2D eigenvalue weighted by Crippen LogP contribution is -2.49. The number of carbonyl (C=O) groups is 2. The molecule has 2 aliphatic rings. The maximum atomic E-state index is 13.2. The van der Waals surface area contributed by atoms with Gasteiger partial charge in [-0.15, -0.1) is 0 Å². The Balaban J connectivity index is 1.58. The number of rotatable bonds is 3. The van der Waals surface area contributed by atoms with Crippen LogP contribution in [0.25, 0.3) is 5.69 Å². The number of likely N-dealkylation sites (tertiary alicyclic amines) is 1. The summed E-state index contributed by atoms with van der Waals surface area (Å²) in [6.07, 6.45) is 3.63. The van der Waals surface area contributed by atoms with E-state index in [2.05, 4.69) is 0 Å². The maximum absolute atomic E-state index is 13.2. The van der Waals surface area contributed by atoms with Crippen LogP contribution in [-0.2, 0) is 22.6 Å². The van der Waals surface area contributed by atoms with E-state index in [-0.39, 0.29) is 23.2 Å². The molecule has 0 bridgehead atoms. The first kappa shape index (κ1) is 18.4. The van der Waals surface area contributed by atoms with Crippen LogP contribution in [0, 0.1) is 5.82 Å². The first-order valence-corrected chi connectivity index (χ1v) is 9.52. The van der Waals surface area contributed by atoms with Gasteiger partial charge < -0.3 is 9.80 Å². The minimum absolute atomic E-state index is 0.0309. The number of hydrogen-bond acceptors (Lipinski definition) is 3. The summed E-state index contributed by atoms with van der Waals surface area (Å²) in [6, 6.07) is 6.84. The van der Waals surface area contributed by atoms with E-state index < -0.39 is 6.04 Å². The summed E-state index contributed by atoms with van der Waals surface area (Å²) in [5.41, 5.74) is 2.22. The van der Waals surface area contributed by atoms with Crippen LogP contribution >= 0.6 is 0 Å². The SMILES string of the molecule is CC(C(=O)N1CCc2cc(=O)n(-c3ccc(F)cc3)cc2C1)N1CCCC1=O. The lowest BCUT2D eigenvalue weighted by Gasteiger charge is -2.33. The Morgan fingerprint density at radius 1 is 1.07 bits per heavy atom. The topological polar surface area (TPSA) is 62.6 Å². The van der Waals surface area contributed by atoms with E-state index in [9.17, 15) is 18.8 Å². The van der Waals surface area contributed by atoms with Gasteiger partial charge in [0.05, 0.1) is 0 Å². The minimum Gasteiger partial charge on any atom is -0.336 e. The van der Waals surface area contributed by atoms with Crippen molar-refractivity contribution in [3.8, 4) is 5.69 Å². The number of nitrogens with zero attached hydrogens (tertiary/aromatic N) is 3. The molecule has 2 amide bonds. The van der Waals surface area contributed by atoms with Gasteiger partial charge in [-0.25, -0.2) is 4.39 Å². The summed E-state index contributed by atoms with van der Waals surface area (Å²) < 4.78 is 14.7. The predicted octanol–water partition coefficient (Wildman–Crippen LogP) is 1.87. The van der Waals surface area contributed by atoms with Gasteiger partial charge >= 0.3 is 0 Å². The van der Waals surface area contributed by atoms with Crippen LogP contribution < -0.4 is 5.56 Å². The summed E-state index contributed by atoms with van der Waals surface area (Å²) in [7, 11) is 0. The highest BCUT2D eigenvalue weighted by Crippen LogP contribution is 2.22. The molecule has 1 unspecified atom stereocenters. The summed E-state index contributed by atoms with van der Waals surface area (Å²) in [6.45, 7) is 3.32. The summed E-state index contributed by atoms with van der Waals surface area (Å²) in [4.78, 5) is 40.7. The van der Waals surface area contributed by atoms with Crippen LogP contribution in [0.5, 0.6) is 0 Å². The molecule has 0 aliphatic carbocycles. The van der Waals surface area contributed by atoms with Crippen LogP contribution in [0.2, 0.25) is 0 Å². The fourth-order valence-corrected chi connectivity index (χ4v) is 4.00. The molecule has 1 atom stereocenters. The van der Waals surface area contributed by atoms with E-state index >= 15 is 0 Å². The van der Waals surface area contributed by atoms with Gasteiger partial charge in [0.1, 0.15) is 11.9 Å². The molecule has 0 N–H and O–H groups in total. The zero-order valence-electron chi connectivity index (χ0n) is 15.7. The number of benzene rings is 1.